The molecular weight excluding hydrogens is 562 g/mol. The highest BCUT2D eigenvalue weighted by molar-refractivity contribution is 7.80. The van der Waals surface area contributed by atoms with Crippen molar-refractivity contribution in [3.05, 3.63) is 101 Å². The molecule has 9 nitrogen and oxygen atoms in total. The van der Waals surface area contributed by atoms with Gasteiger partial charge < -0.3 is 29.9 Å². The molecule has 0 saturated carbocycles. The van der Waals surface area contributed by atoms with Crippen molar-refractivity contribution in [3.63, 3.8) is 0 Å². The van der Waals surface area contributed by atoms with Crippen molar-refractivity contribution in [2.24, 2.45) is 5.41 Å². The maximum atomic E-state index is 12.7. The molecule has 1 aliphatic heterocycles. The predicted octanol–water partition coefficient (Wildman–Crippen LogP) is 6.36. The quantitative estimate of drug-likeness (QED) is 0.211. The zero-order valence-corrected chi connectivity index (χ0v) is 25.8. The van der Waals surface area contributed by atoms with Crippen LogP contribution in [0.5, 0.6) is 5.75 Å². The molecule has 43 heavy (non-hydrogen) atoms. The lowest BCUT2D eigenvalue weighted by molar-refractivity contribution is -0.123. The molecule has 0 spiro atoms. The summed E-state index contributed by atoms with van der Waals surface area (Å²) in [5, 5.41) is 16.6. The van der Waals surface area contributed by atoms with Gasteiger partial charge in [0.2, 0.25) is 5.91 Å². The number of carbonyl (C=O) groups excluding carboxylic acids is 1. The number of amides is 1. The van der Waals surface area contributed by atoms with Crippen LogP contribution in [0, 0.1) is 19.3 Å². The van der Waals surface area contributed by atoms with Gasteiger partial charge in [-0.2, -0.15) is 0 Å². The molecule has 3 N–H and O–H groups in total. The number of carboxylic acid groups (broad SMARTS) is 1. The topological polar surface area (TPSA) is 109 Å². The van der Waals surface area contributed by atoms with Crippen LogP contribution >= 0.6 is 12.2 Å². The van der Waals surface area contributed by atoms with Crippen molar-refractivity contribution in [2.75, 3.05) is 17.3 Å². The molecule has 2 aromatic heterocycles. The Kier molecular flexibility index (Phi) is 7.98. The number of pyridine rings is 1. The van der Waals surface area contributed by atoms with Crippen LogP contribution in [0.2, 0.25) is 0 Å². The molecule has 1 saturated heterocycles. The van der Waals surface area contributed by atoms with Crippen molar-refractivity contribution in [1.29, 1.82) is 0 Å². The number of aromatic carboxylic acids is 1. The van der Waals surface area contributed by atoms with Crippen molar-refractivity contribution < 1.29 is 19.4 Å². The molecule has 2 atom stereocenters. The van der Waals surface area contributed by atoms with Gasteiger partial charge in [-0.05, 0) is 80.2 Å². The molecule has 5 rings (SSSR count). The fourth-order valence-electron chi connectivity index (χ4n) is 5.45. The number of benzene rings is 2. The van der Waals surface area contributed by atoms with Gasteiger partial charge in [-0.3, -0.25) is 9.78 Å². The largest absolute Gasteiger partial charge is 0.494 e. The minimum absolute atomic E-state index is 0.121. The number of rotatable bonds is 7. The second kappa shape index (κ2) is 11.5. The van der Waals surface area contributed by atoms with Gasteiger partial charge in [-0.1, -0.05) is 32.9 Å². The third-order valence-electron chi connectivity index (χ3n) is 7.63. The van der Waals surface area contributed by atoms with E-state index in [1.54, 1.807) is 31.5 Å². The van der Waals surface area contributed by atoms with E-state index in [1.165, 1.54) is 0 Å². The van der Waals surface area contributed by atoms with Crippen molar-refractivity contribution in [1.82, 2.24) is 14.9 Å². The fraction of sp³-hybridized carbons (Fsp3) is 0.273. The first-order chi connectivity index (χ1) is 20.4. The summed E-state index contributed by atoms with van der Waals surface area (Å²) in [6, 6.07) is 19.8. The molecule has 1 aliphatic rings. The predicted molar refractivity (Wildman–Crippen MR) is 171 cm³/mol. The first kappa shape index (κ1) is 29.8. The Bertz CT molecular complexity index is 1710. The van der Waals surface area contributed by atoms with Crippen molar-refractivity contribution in [3.8, 4) is 11.4 Å². The monoisotopic (exact) mass is 597 g/mol. The van der Waals surface area contributed by atoms with Gasteiger partial charge in [0.25, 0.3) is 0 Å². The summed E-state index contributed by atoms with van der Waals surface area (Å²) in [7, 11) is 1.57. The summed E-state index contributed by atoms with van der Waals surface area (Å²) in [4.78, 5) is 31.1. The van der Waals surface area contributed by atoms with E-state index in [1.807, 2.05) is 82.0 Å². The number of nitrogens with zero attached hydrogens (tertiary/aromatic N) is 3. The van der Waals surface area contributed by atoms with E-state index in [2.05, 4.69) is 26.3 Å². The van der Waals surface area contributed by atoms with Gasteiger partial charge in [-0.25, -0.2) is 4.79 Å². The molecule has 2 unspecified atom stereocenters. The number of aromatic nitrogens is 2. The zero-order valence-electron chi connectivity index (χ0n) is 25.0. The number of carbonyl (C=O) groups is 2. The second-order valence-corrected chi connectivity index (χ2v) is 12.0. The average molecular weight is 598 g/mol. The molecule has 10 heteroatoms. The maximum absolute atomic E-state index is 12.7. The smallest absolute Gasteiger partial charge is 0.335 e. The van der Waals surface area contributed by atoms with Gasteiger partial charge in [0.15, 0.2) is 5.11 Å². The van der Waals surface area contributed by atoms with Crippen LogP contribution < -0.4 is 20.3 Å². The van der Waals surface area contributed by atoms with Crippen molar-refractivity contribution in [2.45, 2.75) is 46.7 Å². The third kappa shape index (κ3) is 5.70. The number of methoxy groups -OCH3 is 1. The highest BCUT2D eigenvalue weighted by Crippen LogP contribution is 2.45. The first-order valence-electron chi connectivity index (χ1n) is 13.9. The number of hydrogen-bond acceptors (Lipinski definition) is 5. The molecule has 3 heterocycles. The minimum Gasteiger partial charge on any atom is -0.494 e. The highest BCUT2D eigenvalue weighted by atomic mass is 32.1. The lowest BCUT2D eigenvalue weighted by Crippen LogP contribution is -2.30. The van der Waals surface area contributed by atoms with Crippen LogP contribution in [0.3, 0.4) is 0 Å². The normalized spacial score (nSPS) is 16.6. The van der Waals surface area contributed by atoms with Gasteiger partial charge in [0.1, 0.15) is 5.75 Å². The third-order valence-corrected chi connectivity index (χ3v) is 7.95. The van der Waals surface area contributed by atoms with E-state index in [9.17, 15) is 14.7 Å². The number of hydrogen-bond donors (Lipinski definition) is 3. The van der Waals surface area contributed by atoms with E-state index in [0.29, 0.717) is 16.5 Å². The van der Waals surface area contributed by atoms with Gasteiger partial charge in [0.05, 0.1) is 36.1 Å². The standard InChI is InChI=1S/C33H35N5O4S/c1-19-16-24(20(2)37(19)22-11-9-10-21(17-22)30(39)40)29-28(26-12-7-8-15-34-26)36-32(43)38(29)23-13-14-25(27(18-23)42-6)35-31(41)33(3,4)5/h7-18,28-29H,1-6H3,(H,35,41)(H,36,43)(H,39,40). The van der Waals surface area contributed by atoms with Crippen LogP contribution in [0.1, 0.15) is 65.9 Å². The number of aryl methyl sites for hydroxylation is 1. The molecule has 222 valence electrons. The Labute approximate surface area is 256 Å². The van der Waals surface area contributed by atoms with E-state index in [-0.39, 0.29) is 23.6 Å². The van der Waals surface area contributed by atoms with E-state index >= 15 is 0 Å². The van der Waals surface area contributed by atoms with Crippen LogP contribution in [-0.2, 0) is 4.79 Å². The molecule has 1 amide bonds. The Balaban J connectivity index is 1.63. The summed E-state index contributed by atoms with van der Waals surface area (Å²) in [5.41, 5.74) is 5.49. The van der Waals surface area contributed by atoms with Crippen LogP contribution in [-0.4, -0.2) is 38.8 Å². The molecule has 2 aromatic carbocycles. The molecule has 1 fully saturated rings. The minimum atomic E-state index is -0.979. The molecule has 0 aliphatic carbocycles. The first-order valence-corrected chi connectivity index (χ1v) is 14.3. The number of ether oxygens (including phenoxy) is 1. The fourth-order valence-corrected chi connectivity index (χ4v) is 5.80. The summed E-state index contributed by atoms with van der Waals surface area (Å²) in [6.07, 6.45) is 1.76. The number of thiocarbonyl (C=S) groups is 1. The highest BCUT2D eigenvalue weighted by Gasteiger charge is 2.42. The average Bonchev–Trinajstić information content (AvgIpc) is 3.47. The number of nitrogens with one attached hydrogen (secondary N) is 2. The maximum Gasteiger partial charge on any atom is 0.335 e. The van der Waals surface area contributed by atoms with E-state index < -0.39 is 11.4 Å². The summed E-state index contributed by atoms with van der Waals surface area (Å²) in [6.45, 7) is 9.59. The van der Waals surface area contributed by atoms with Gasteiger partial charge >= 0.3 is 5.97 Å². The molecule has 0 radical (unpaired) electrons. The number of anilines is 2. The second-order valence-electron chi connectivity index (χ2n) is 11.6. The SMILES string of the molecule is COc1cc(N2C(=S)NC(c3ccccn3)C2c2cc(C)n(-c3cccc(C(=O)O)c3)c2C)ccc1NC(=O)C(C)(C)C. The van der Waals surface area contributed by atoms with Crippen LogP contribution in [0.25, 0.3) is 5.69 Å². The summed E-state index contributed by atoms with van der Waals surface area (Å²) in [5.74, 6) is -0.592. The van der Waals surface area contributed by atoms with Crippen LogP contribution in [0.15, 0.2) is 72.9 Å². The van der Waals surface area contributed by atoms with Gasteiger partial charge in [0, 0.05) is 40.4 Å². The molecule has 4 aromatic rings. The lowest BCUT2D eigenvalue weighted by Gasteiger charge is -2.29. The Morgan fingerprint density at radius 2 is 1.79 bits per heavy atom. The van der Waals surface area contributed by atoms with Gasteiger partial charge in [-0.15, -0.1) is 0 Å². The lowest BCUT2D eigenvalue weighted by atomic mass is 9.95. The van der Waals surface area contributed by atoms with E-state index in [0.717, 1.165) is 34.0 Å². The molecule has 0 bridgehead atoms. The summed E-state index contributed by atoms with van der Waals surface area (Å²) >= 11 is 5.93. The summed E-state index contributed by atoms with van der Waals surface area (Å²) < 4.78 is 7.77. The Morgan fingerprint density at radius 3 is 2.44 bits per heavy atom. The number of carboxylic acids is 1. The Hall–Kier alpha value is -4.70. The zero-order chi connectivity index (χ0) is 31.1. The molecular formula is C33H35N5O4S. The van der Waals surface area contributed by atoms with E-state index in [4.69, 9.17) is 17.0 Å². The van der Waals surface area contributed by atoms with Crippen molar-refractivity contribution >= 4 is 40.6 Å². The Morgan fingerprint density at radius 1 is 1.02 bits per heavy atom. The van der Waals surface area contributed by atoms with Crippen LogP contribution in [0.4, 0.5) is 11.4 Å².